The quantitative estimate of drug-likeness (QED) is 0.801. The van der Waals surface area contributed by atoms with E-state index in [1.165, 1.54) is 16.7 Å². The Morgan fingerprint density at radius 1 is 1.25 bits per heavy atom. The summed E-state index contributed by atoms with van der Waals surface area (Å²) >= 11 is 0. The first-order valence-electron chi connectivity index (χ1n) is 5.99. The number of aliphatic hydroxyl groups excluding tert-OH is 1. The monoisotopic (exact) mass is 221 g/mol. The molecule has 2 N–H and O–H groups in total. The Bertz CT molecular complexity index is 332. The van der Waals surface area contributed by atoms with Gasteiger partial charge in [0.1, 0.15) is 0 Å². The number of hydrogen-bond donors (Lipinski definition) is 2. The molecule has 16 heavy (non-hydrogen) atoms. The molecule has 0 fully saturated rings. The molecule has 1 rings (SSSR count). The van der Waals surface area contributed by atoms with E-state index in [4.69, 9.17) is 0 Å². The first-order chi connectivity index (χ1) is 7.63. The van der Waals surface area contributed by atoms with Crippen molar-refractivity contribution in [2.75, 3.05) is 13.7 Å². The fraction of sp³-hybridized carbons (Fsp3) is 0.571. The van der Waals surface area contributed by atoms with E-state index in [-0.39, 0.29) is 18.6 Å². The fourth-order valence-electron chi connectivity index (χ4n) is 2.10. The van der Waals surface area contributed by atoms with Gasteiger partial charge in [0.15, 0.2) is 0 Å². The van der Waals surface area contributed by atoms with Gasteiger partial charge in [-0.2, -0.15) is 0 Å². The Morgan fingerprint density at radius 3 is 2.38 bits per heavy atom. The summed E-state index contributed by atoms with van der Waals surface area (Å²) in [4.78, 5) is 0. The highest BCUT2D eigenvalue weighted by atomic mass is 16.3. The van der Waals surface area contributed by atoms with Crippen LogP contribution in [0, 0.1) is 19.8 Å². The van der Waals surface area contributed by atoms with Crippen LogP contribution in [0.25, 0.3) is 0 Å². The molecule has 0 heterocycles. The summed E-state index contributed by atoms with van der Waals surface area (Å²) in [5.41, 5.74) is 3.90. The number of nitrogens with one attached hydrogen (secondary N) is 1. The highest BCUT2D eigenvalue weighted by Gasteiger charge is 2.19. The predicted molar refractivity (Wildman–Crippen MR) is 68.6 cm³/mol. The summed E-state index contributed by atoms with van der Waals surface area (Å²) < 4.78 is 0. The SMILES string of the molecule is CCC(CO)C(NC)c1ccc(C)c(C)c1. The summed E-state index contributed by atoms with van der Waals surface area (Å²) in [6, 6.07) is 6.77. The zero-order valence-corrected chi connectivity index (χ0v) is 10.7. The summed E-state index contributed by atoms with van der Waals surface area (Å²) in [5, 5.41) is 12.7. The van der Waals surface area contributed by atoms with E-state index < -0.39 is 0 Å². The van der Waals surface area contributed by atoms with Crippen LogP contribution in [-0.2, 0) is 0 Å². The van der Waals surface area contributed by atoms with Crippen molar-refractivity contribution in [2.45, 2.75) is 33.2 Å². The Labute approximate surface area is 98.7 Å². The van der Waals surface area contributed by atoms with Crippen molar-refractivity contribution in [1.29, 1.82) is 0 Å². The highest BCUT2D eigenvalue weighted by Crippen LogP contribution is 2.25. The van der Waals surface area contributed by atoms with Crippen molar-refractivity contribution < 1.29 is 5.11 Å². The van der Waals surface area contributed by atoms with Crippen LogP contribution >= 0.6 is 0 Å². The molecule has 0 saturated heterocycles. The van der Waals surface area contributed by atoms with E-state index >= 15 is 0 Å². The third-order valence-electron chi connectivity index (χ3n) is 3.43. The minimum absolute atomic E-state index is 0.231. The normalized spacial score (nSPS) is 14.8. The number of aryl methyl sites for hydroxylation is 2. The maximum atomic E-state index is 9.37. The topological polar surface area (TPSA) is 32.3 Å². The van der Waals surface area contributed by atoms with Crippen molar-refractivity contribution in [1.82, 2.24) is 5.32 Å². The molecule has 0 saturated carbocycles. The molecule has 2 nitrogen and oxygen atoms in total. The van der Waals surface area contributed by atoms with Crippen LogP contribution in [0.4, 0.5) is 0 Å². The lowest BCUT2D eigenvalue weighted by Crippen LogP contribution is -2.27. The molecule has 2 heteroatoms. The van der Waals surface area contributed by atoms with E-state index in [1.54, 1.807) is 0 Å². The molecule has 0 bridgehead atoms. The average molecular weight is 221 g/mol. The molecule has 0 spiro atoms. The van der Waals surface area contributed by atoms with Gasteiger partial charge in [0.05, 0.1) is 0 Å². The van der Waals surface area contributed by atoms with E-state index in [0.717, 1.165) is 6.42 Å². The molecule has 1 aromatic rings. The molecule has 2 unspecified atom stereocenters. The predicted octanol–water partition coefficient (Wildman–Crippen LogP) is 2.58. The lowest BCUT2D eigenvalue weighted by molar-refractivity contribution is 0.189. The van der Waals surface area contributed by atoms with Crippen LogP contribution in [0.1, 0.15) is 36.1 Å². The van der Waals surface area contributed by atoms with E-state index in [2.05, 4.69) is 44.3 Å². The minimum Gasteiger partial charge on any atom is -0.396 e. The Hall–Kier alpha value is -0.860. The number of hydrogen-bond acceptors (Lipinski definition) is 2. The Balaban J connectivity index is 2.98. The van der Waals surface area contributed by atoms with Gasteiger partial charge in [-0.3, -0.25) is 0 Å². The molecule has 2 atom stereocenters. The largest absolute Gasteiger partial charge is 0.396 e. The molecular weight excluding hydrogens is 198 g/mol. The average Bonchev–Trinajstić information content (AvgIpc) is 2.29. The van der Waals surface area contributed by atoms with Crippen molar-refractivity contribution in [3.63, 3.8) is 0 Å². The Kier molecular flexibility index (Phi) is 4.97. The highest BCUT2D eigenvalue weighted by molar-refractivity contribution is 5.32. The van der Waals surface area contributed by atoms with Crippen LogP contribution in [0.15, 0.2) is 18.2 Å². The zero-order valence-electron chi connectivity index (χ0n) is 10.7. The van der Waals surface area contributed by atoms with Crippen LogP contribution in [-0.4, -0.2) is 18.8 Å². The van der Waals surface area contributed by atoms with Gasteiger partial charge in [-0.1, -0.05) is 25.1 Å². The molecule has 0 aliphatic rings. The van der Waals surface area contributed by atoms with E-state index in [0.29, 0.717) is 0 Å². The fourth-order valence-corrected chi connectivity index (χ4v) is 2.10. The summed E-state index contributed by atoms with van der Waals surface area (Å²) in [7, 11) is 1.96. The van der Waals surface area contributed by atoms with Gasteiger partial charge >= 0.3 is 0 Å². The van der Waals surface area contributed by atoms with Gasteiger partial charge in [0.25, 0.3) is 0 Å². The van der Waals surface area contributed by atoms with Crippen LogP contribution < -0.4 is 5.32 Å². The first kappa shape index (κ1) is 13.2. The maximum Gasteiger partial charge on any atom is 0.0477 e. The molecule has 0 aliphatic heterocycles. The standard InChI is InChI=1S/C14H23NO/c1-5-12(9-16)14(15-4)13-7-6-10(2)11(3)8-13/h6-8,12,14-16H,5,9H2,1-4H3. The molecule has 0 radical (unpaired) electrons. The molecule has 0 amide bonds. The van der Waals surface area contributed by atoms with Crippen LogP contribution in [0.2, 0.25) is 0 Å². The van der Waals surface area contributed by atoms with Gasteiger partial charge in [-0.15, -0.1) is 0 Å². The second kappa shape index (κ2) is 6.02. The molecular formula is C14H23NO. The van der Waals surface area contributed by atoms with Gasteiger partial charge < -0.3 is 10.4 Å². The van der Waals surface area contributed by atoms with Gasteiger partial charge in [0, 0.05) is 18.6 Å². The van der Waals surface area contributed by atoms with Gasteiger partial charge in [0.2, 0.25) is 0 Å². The third kappa shape index (κ3) is 2.83. The summed E-state index contributed by atoms with van der Waals surface area (Å²) in [6.07, 6.45) is 0.981. The van der Waals surface area contributed by atoms with E-state index in [1.807, 2.05) is 7.05 Å². The van der Waals surface area contributed by atoms with Crippen LogP contribution in [0.5, 0.6) is 0 Å². The van der Waals surface area contributed by atoms with Crippen molar-refractivity contribution in [3.8, 4) is 0 Å². The third-order valence-corrected chi connectivity index (χ3v) is 3.43. The van der Waals surface area contributed by atoms with Crippen molar-refractivity contribution in [2.24, 2.45) is 5.92 Å². The summed E-state index contributed by atoms with van der Waals surface area (Å²) in [5.74, 6) is 0.284. The van der Waals surface area contributed by atoms with Crippen LogP contribution in [0.3, 0.4) is 0 Å². The maximum absolute atomic E-state index is 9.37. The molecule has 0 aromatic heterocycles. The zero-order chi connectivity index (χ0) is 12.1. The molecule has 0 aliphatic carbocycles. The van der Waals surface area contributed by atoms with Crippen molar-refractivity contribution in [3.05, 3.63) is 34.9 Å². The molecule has 1 aromatic carbocycles. The minimum atomic E-state index is 0.231. The second-order valence-corrected chi connectivity index (χ2v) is 4.46. The second-order valence-electron chi connectivity index (χ2n) is 4.46. The summed E-state index contributed by atoms with van der Waals surface area (Å²) in [6.45, 7) is 6.60. The van der Waals surface area contributed by atoms with Gasteiger partial charge in [-0.05, 0) is 44.0 Å². The Morgan fingerprint density at radius 2 is 1.94 bits per heavy atom. The number of rotatable bonds is 5. The number of benzene rings is 1. The van der Waals surface area contributed by atoms with Gasteiger partial charge in [-0.25, -0.2) is 0 Å². The lowest BCUT2D eigenvalue weighted by Gasteiger charge is -2.25. The first-order valence-corrected chi connectivity index (χ1v) is 5.99. The van der Waals surface area contributed by atoms with Crippen molar-refractivity contribution >= 4 is 0 Å². The van der Waals surface area contributed by atoms with E-state index in [9.17, 15) is 5.11 Å². The number of aliphatic hydroxyl groups is 1. The molecule has 90 valence electrons. The smallest absolute Gasteiger partial charge is 0.0477 e. The lowest BCUT2D eigenvalue weighted by atomic mass is 9.90.